The minimum atomic E-state index is -0.112. The van der Waals surface area contributed by atoms with Crippen LogP contribution < -0.4 is 5.32 Å². The van der Waals surface area contributed by atoms with Gasteiger partial charge in [0.05, 0.1) is 17.1 Å². The first kappa shape index (κ1) is 18.9. The number of hydrogen-bond donors (Lipinski definition) is 2. The van der Waals surface area contributed by atoms with Crippen LogP contribution in [0.5, 0.6) is 0 Å². The number of carbonyl (C=O) groups is 1. The largest absolute Gasteiger partial charge is 0.339 e. The van der Waals surface area contributed by atoms with E-state index in [9.17, 15) is 4.79 Å². The Hall–Kier alpha value is -2.42. The first-order chi connectivity index (χ1) is 13.7. The van der Waals surface area contributed by atoms with Crippen molar-refractivity contribution in [2.24, 2.45) is 0 Å². The number of H-pyrrole nitrogens is 1. The van der Waals surface area contributed by atoms with Crippen molar-refractivity contribution in [3.8, 4) is 22.5 Å². The van der Waals surface area contributed by atoms with Crippen molar-refractivity contribution < 1.29 is 4.79 Å². The molecule has 1 amide bonds. The molecule has 0 saturated heterocycles. The van der Waals surface area contributed by atoms with Gasteiger partial charge >= 0.3 is 0 Å². The van der Waals surface area contributed by atoms with Gasteiger partial charge in [0.15, 0.2) is 10.3 Å². The van der Waals surface area contributed by atoms with E-state index in [0.29, 0.717) is 10.3 Å². The number of aromatic nitrogens is 3. The summed E-state index contributed by atoms with van der Waals surface area (Å²) in [4.78, 5) is 24.4. The predicted molar refractivity (Wildman–Crippen MR) is 119 cm³/mol. The minimum Gasteiger partial charge on any atom is -0.339 e. The molecular formula is C20H15BrN4OS2. The monoisotopic (exact) mass is 470 g/mol. The number of anilines is 1. The lowest BCUT2D eigenvalue weighted by molar-refractivity contribution is -0.113. The zero-order valence-corrected chi connectivity index (χ0v) is 17.8. The molecule has 0 unspecified atom stereocenters. The molecule has 5 nitrogen and oxygen atoms in total. The summed E-state index contributed by atoms with van der Waals surface area (Å²) in [5.74, 6) is 0.147. The summed E-state index contributed by atoms with van der Waals surface area (Å²) in [5.41, 5.74) is 3.76. The van der Waals surface area contributed by atoms with Gasteiger partial charge in [0.1, 0.15) is 0 Å². The molecule has 4 aromatic rings. The van der Waals surface area contributed by atoms with E-state index in [-0.39, 0.29) is 11.7 Å². The molecule has 0 spiro atoms. The van der Waals surface area contributed by atoms with Gasteiger partial charge < -0.3 is 10.3 Å². The molecule has 4 rings (SSSR count). The van der Waals surface area contributed by atoms with E-state index in [1.54, 1.807) is 0 Å². The number of amides is 1. The molecule has 0 saturated carbocycles. The first-order valence-corrected chi connectivity index (χ1v) is 11.1. The maximum atomic E-state index is 12.2. The van der Waals surface area contributed by atoms with Crippen molar-refractivity contribution in [1.82, 2.24) is 15.0 Å². The molecule has 2 aromatic heterocycles. The summed E-state index contributed by atoms with van der Waals surface area (Å²) in [6, 6.07) is 17.8. The second-order valence-corrected chi connectivity index (χ2v) is 8.58. The van der Waals surface area contributed by atoms with E-state index in [1.165, 1.54) is 23.1 Å². The summed E-state index contributed by atoms with van der Waals surface area (Å²) in [5, 5.41) is 6.09. The van der Waals surface area contributed by atoms with Gasteiger partial charge in [0.2, 0.25) is 5.91 Å². The highest BCUT2D eigenvalue weighted by atomic mass is 79.9. The zero-order chi connectivity index (χ0) is 19.3. The van der Waals surface area contributed by atoms with Gasteiger partial charge in [-0.3, -0.25) is 4.79 Å². The molecule has 0 radical (unpaired) electrons. The third-order valence-electron chi connectivity index (χ3n) is 3.85. The average Bonchev–Trinajstić information content (AvgIpc) is 3.37. The lowest BCUT2D eigenvalue weighted by Gasteiger charge is -2.00. The smallest absolute Gasteiger partial charge is 0.236 e. The number of hydrogen-bond acceptors (Lipinski definition) is 5. The van der Waals surface area contributed by atoms with Gasteiger partial charge in [-0.05, 0) is 12.1 Å². The standard InChI is InChI=1S/C20H15BrN4OS2/c21-15-8-6-14(7-9-15)17-11-27-20(24-17)25-18(26)12-28-19-22-10-16(23-19)13-4-2-1-3-5-13/h1-11H,12H2,(H,22,23)(H,24,25,26). The normalized spacial score (nSPS) is 10.8. The van der Waals surface area contributed by atoms with Crippen LogP contribution in [0.15, 0.2) is 75.8 Å². The van der Waals surface area contributed by atoms with Crippen molar-refractivity contribution in [1.29, 1.82) is 0 Å². The Bertz CT molecular complexity index is 1080. The van der Waals surface area contributed by atoms with E-state index in [4.69, 9.17) is 0 Å². The number of nitrogens with one attached hydrogen (secondary N) is 2. The van der Waals surface area contributed by atoms with Gasteiger partial charge in [-0.25, -0.2) is 9.97 Å². The highest BCUT2D eigenvalue weighted by Crippen LogP contribution is 2.26. The molecule has 0 fully saturated rings. The predicted octanol–water partition coefficient (Wildman–Crippen LogP) is 5.69. The Morgan fingerprint density at radius 2 is 1.79 bits per heavy atom. The van der Waals surface area contributed by atoms with E-state index in [0.717, 1.165) is 27.0 Å². The van der Waals surface area contributed by atoms with Crippen molar-refractivity contribution in [3.63, 3.8) is 0 Å². The highest BCUT2D eigenvalue weighted by molar-refractivity contribution is 9.10. The highest BCUT2D eigenvalue weighted by Gasteiger charge is 2.10. The van der Waals surface area contributed by atoms with E-state index in [2.05, 4.69) is 36.2 Å². The Morgan fingerprint density at radius 3 is 2.57 bits per heavy atom. The number of rotatable bonds is 6. The summed E-state index contributed by atoms with van der Waals surface area (Å²) < 4.78 is 1.02. The van der Waals surface area contributed by atoms with Gasteiger partial charge in [0.25, 0.3) is 0 Å². The van der Waals surface area contributed by atoms with Crippen molar-refractivity contribution in [3.05, 3.63) is 70.6 Å². The maximum Gasteiger partial charge on any atom is 0.236 e. The number of thiazole rings is 1. The number of thioether (sulfide) groups is 1. The molecule has 0 aliphatic carbocycles. The molecule has 28 heavy (non-hydrogen) atoms. The number of imidazole rings is 1. The number of halogens is 1. The minimum absolute atomic E-state index is 0.112. The second kappa shape index (κ2) is 8.72. The SMILES string of the molecule is O=C(CSc1nc(-c2ccccc2)c[nH]1)Nc1nc(-c2ccc(Br)cc2)cs1. The van der Waals surface area contributed by atoms with Crippen LogP contribution in [0.2, 0.25) is 0 Å². The number of carbonyl (C=O) groups excluding carboxylic acids is 1. The maximum absolute atomic E-state index is 12.2. The van der Waals surface area contributed by atoms with Crippen LogP contribution in [-0.2, 0) is 4.79 Å². The summed E-state index contributed by atoms with van der Waals surface area (Å²) in [6.07, 6.45) is 1.85. The molecule has 2 aromatic carbocycles. The zero-order valence-electron chi connectivity index (χ0n) is 14.6. The van der Waals surface area contributed by atoms with Crippen LogP contribution in [0.3, 0.4) is 0 Å². The van der Waals surface area contributed by atoms with Crippen LogP contribution >= 0.6 is 39.0 Å². The lowest BCUT2D eigenvalue weighted by atomic mass is 10.2. The molecular weight excluding hydrogens is 456 g/mol. The van der Waals surface area contributed by atoms with E-state index < -0.39 is 0 Å². The Balaban J connectivity index is 1.33. The number of nitrogens with zero attached hydrogens (tertiary/aromatic N) is 2. The lowest BCUT2D eigenvalue weighted by Crippen LogP contribution is -2.13. The van der Waals surface area contributed by atoms with Crippen molar-refractivity contribution >= 4 is 50.1 Å². The van der Waals surface area contributed by atoms with Gasteiger partial charge in [0, 0.05) is 27.2 Å². The average molecular weight is 471 g/mol. The van der Waals surface area contributed by atoms with Crippen LogP contribution in [0, 0.1) is 0 Å². The van der Waals surface area contributed by atoms with Crippen molar-refractivity contribution in [2.75, 3.05) is 11.1 Å². The van der Waals surface area contributed by atoms with Gasteiger partial charge in [-0.1, -0.05) is 70.2 Å². The topological polar surface area (TPSA) is 70.7 Å². The molecule has 8 heteroatoms. The Morgan fingerprint density at radius 1 is 1.04 bits per heavy atom. The first-order valence-electron chi connectivity index (χ1n) is 8.42. The third-order valence-corrected chi connectivity index (χ3v) is 6.03. The fourth-order valence-corrected chi connectivity index (χ4v) is 4.15. The summed E-state index contributed by atoms with van der Waals surface area (Å²) in [7, 11) is 0. The molecule has 0 aliphatic heterocycles. The van der Waals surface area contributed by atoms with Gasteiger partial charge in [-0.2, -0.15) is 0 Å². The quantitative estimate of drug-likeness (QED) is 0.354. The number of aromatic amines is 1. The molecule has 0 bridgehead atoms. The van der Waals surface area contributed by atoms with Crippen LogP contribution in [0.25, 0.3) is 22.5 Å². The molecule has 0 aliphatic rings. The van der Waals surface area contributed by atoms with Crippen LogP contribution in [0.4, 0.5) is 5.13 Å². The van der Waals surface area contributed by atoms with Gasteiger partial charge in [-0.15, -0.1) is 11.3 Å². The van der Waals surface area contributed by atoms with E-state index >= 15 is 0 Å². The Kier molecular flexibility index (Phi) is 5.90. The third kappa shape index (κ3) is 4.70. The number of benzene rings is 2. The Labute approximate surface area is 178 Å². The van der Waals surface area contributed by atoms with Crippen LogP contribution in [0.1, 0.15) is 0 Å². The summed E-state index contributed by atoms with van der Waals surface area (Å²) in [6.45, 7) is 0. The molecule has 2 N–H and O–H groups in total. The summed E-state index contributed by atoms with van der Waals surface area (Å²) >= 11 is 6.20. The van der Waals surface area contributed by atoms with Crippen LogP contribution in [-0.4, -0.2) is 26.6 Å². The second-order valence-electron chi connectivity index (χ2n) is 5.84. The van der Waals surface area contributed by atoms with E-state index in [1.807, 2.05) is 66.2 Å². The molecule has 140 valence electrons. The molecule has 0 atom stereocenters. The molecule has 2 heterocycles. The fraction of sp³-hybridized carbons (Fsp3) is 0.0500. The van der Waals surface area contributed by atoms with Crippen molar-refractivity contribution in [2.45, 2.75) is 5.16 Å². The fourth-order valence-electron chi connectivity index (χ4n) is 2.51.